The summed E-state index contributed by atoms with van der Waals surface area (Å²) in [5.41, 5.74) is 6.50. The van der Waals surface area contributed by atoms with Gasteiger partial charge in [0.15, 0.2) is 0 Å². The van der Waals surface area contributed by atoms with Crippen LogP contribution in [0.25, 0.3) is 22.0 Å². The Morgan fingerprint density at radius 1 is 0.889 bits per heavy atom. The molecule has 2 aromatic carbocycles. The molecule has 1 aromatic heterocycles. The number of aliphatic hydroxyl groups excluding tert-OH is 1. The van der Waals surface area contributed by atoms with Crippen molar-refractivity contribution >= 4 is 22.4 Å². The number of pyridine rings is 1. The molecule has 6 rings (SSSR count). The molecule has 0 radical (unpaired) electrons. The zero-order chi connectivity index (χ0) is 24.6. The summed E-state index contributed by atoms with van der Waals surface area (Å²) >= 11 is 0. The third kappa shape index (κ3) is 4.57. The number of aryl methyl sites for hydroxylation is 1. The molecular formula is C29H36N4O3. The van der Waals surface area contributed by atoms with E-state index in [0.29, 0.717) is 19.3 Å². The Morgan fingerprint density at radius 3 is 2.25 bits per heavy atom. The summed E-state index contributed by atoms with van der Waals surface area (Å²) in [5.74, 6) is 0.997. The Kier molecular flexibility index (Phi) is 6.56. The van der Waals surface area contributed by atoms with Gasteiger partial charge in [-0.1, -0.05) is 18.2 Å². The molecule has 3 saturated heterocycles. The fourth-order valence-corrected chi connectivity index (χ4v) is 5.64. The van der Waals surface area contributed by atoms with Gasteiger partial charge >= 0.3 is 0 Å². The fraction of sp³-hybridized carbons (Fsp3) is 0.483. The molecule has 190 valence electrons. The summed E-state index contributed by atoms with van der Waals surface area (Å²) in [7, 11) is 0. The SMILES string of the molecule is Cc1cc(C(C)O)c2cc(-c3ccc(N4CCN(C5COC5)CC4)cc3)c(N3CCOCC3)nc2c1. The topological polar surface area (TPSA) is 61.3 Å². The lowest BCUT2D eigenvalue weighted by Gasteiger charge is -2.43. The van der Waals surface area contributed by atoms with Gasteiger partial charge < -0.3 is 24.4 Å². The second-order valence-corrected chi connectivity index (χ2v) is 10.3. The van der Waals surface area contributed by atoms with Crippen LogP contribution in [0.5, 0.6) is 0 Å². The lowest BCUT2D eigenvalue weighted by atomic mass is 9.97. The molecule has 0 spiro atoms. The van der Waals surface area contributed by atoms with Crippen molar-refractivity contribution in [1.29, 1.82) is 0 Å². The van der Waals surface area contributed by atoms with Crippen LogP contribution in [0.2, 0.25) is 0 Å². The summed E-state index contributed by atoms with van der Waals surface area (Å²) in [6.07, 6.45) is -0.552. The Morgan fingerprint density at radius 2 is 1.61 bits per heavy atom. The lowest BCUT2D eigenvalue weighted by molar-refractivity contribution is -0.0660. The van der Waals surface area contributed by atoms with Crippen LogP contribution in [0.4, 0.5) is 11.5 Å². The quantitative estimate of drug-likeness (QED) is 0.589. The zero-order valence-electron chi connectivity index (χ0n) is 21.3. The second kappa shape index (κ2) is 9.98. The van der Waals surface area contributed by atoms with Crippen molar-refractivity contribution in [2.75, 3.05) is 75.5 Å². The largest absolute Gasteiger partial charge is 0.389 e. The molecule has 3 aliphatic rings. The third-order valence-electron chi connectivity index (χ3n) is 7.85. The van der Waals surface area contributed by atoms with E-state index in [-0.39, 0.29) is 0 Å². The van der Waals surface area contributed by atoms with E-state index < -0.39 is 6.10 Å². The highest BCUT2D eigenvalue weighted by atomic mass is 16.5. The standard InChI is InChI=1S/C29H36N4O3/c1-20-15-25(21(2)34)27-17-26(29(30-28(27)16-20)33-11-13-35-14-12-33)22-3-5-23(6-4-22)31-7-9-32(10-8-31)24-18-36-19-24/h3-6,15-17,21,24,34H,7-14,18-19H2,1-2H3. The van der Waals surface area contributed by atoms with Gasteiger partial charge in [-0.3, -0.25) is 4.90 Å². The fourth-order valence-electron chi connectivity index (χ4n) is 5.64. The first-order valence-corrected chi connectivity index (χ1v) is 13.2. The molecule has 36 heavy (non-hydrogen) atoms. The van der Waals surface area contributed by atoms with Gasteiger partial charge in [-0.25, -0.2) is 4.98 Å². The Labute approximate surface area is 213 Å². The maximum Gasteiger partial charge on any atom is 0.137 e. The highest BCUT2D eigenvalue weighted by Gasteiger charge is 2.29. The van der Waals surface area contributed by atoms with Crippen molar-refractivity contribution < 1.29 is 14.6 Å². The first-order valence-electron chi connectivity index (χ1n) is 13.2. The maximum atomic E-state index is 10.5. The number of nitrogens with zero attached hydrogens (tertiary/aromatic N) is 4. The molecule has 3 aliphatic heterocycles. The number of morpholine rings is 1. The number of anilines is 2. The second-order valence-electron chi connectivity index (χ2n) is 10.3. The number of benzene rings is 2. The Bertz CT molecular complexity index is 1210. The molecule has 1 N–H and O–H groups in total. The molecule has 7 nitrogen and oxygen atoms in total. The molecule has 0 aliphatic carbocycles. The molecule has 1 atom stereocenters. The van der Waals surface area contributed by atoms with Gasteiger partial charge in [-0.15, -0.1) is 0 Å². The van der Waals surface area contributed by atoms with Gasteiger partial charge in [0.05, 0.1) is 44.1 Å². The third-order valence-corrected chi connectivity index (χ3v) is 7.85. The van der Waals surface area contributed by atoms with E-state index in [9.17, 15) is 5.11 Å². The summed E-state index contributed by atoms with van der Waals surface area (Å²) in [4.78, 5) is 12.5. The minimum atomic E-state index is -0.552. The minimum Gasteiger partial charge on any atom is -0.389 e. The summed E-state index contributed by atoms with van der Waals surface area (Å²) in [5, 5.41) is 11.5. The van der Waals surface area contributed by atoms with Crippen LogP contribution in [-0.2, 0) is 9.47 Å². The molecule has 3 aromatic rings. The summed E-state index contributed by atoms with van der Waals surface area (Å²) in [6, 6.07) is 16.0. The van der Waals surface area contributed by atoms with Crippen LogP contribution in [0.15, 0.2) is 42.5 Å². The average molecular weight is 489 g/mol. The van der Waals surface area contributed by atoms with Crippen molar-refractivity contribution in [3.63, 3.8) is 0 Å². The van der Waals surface area contributed by atoms with Gasteiger partial charge in [-0.2, -0.15) is 0 Å². The van der Waals surface area contributed by atoms with Crippen LogP contribution in [-0.4, -0.2) is 86.7 Å². The predicted octanol–water partition coefficient (Wildman–Crippen LogP) is 3.62. The number of rotatable bonds is 5. The van der Waals surface area contributed by atoms with E-state index in [1.165, 1.54) is 5.69 Å². The maximum absolute atomic E-state index is 10.5. The zero-order valence-corrected chi connectivity index (χ0v) is 21.3. The lowest BCUT2D eigenvalue weighted by Crippen LogP contribution is -2.56. The van der Waals surface area contributed by atoms with Crippen molar-refractivity contribution in [3.05, 3.63) is 53.6 Å². The normalized spacial score (nSPS) is 20.5. The van der Waals surface area contributed by atoms with Gasteiger partial charge in [0.25, 0.3) is 0 Å². The van der Waals surface area contributed by atoms with Crippen molar-refractivity contribution in [2.24, 2.45) is 0 Å². The number of piperazine rings is 1. The molecule has 0 amide bonds. The molecule has 1 unspecified atom stereocenters. The predicted molar refractivity (Wildman–Crippen MR) is 144 cm³/mol. The monoisotopic (exact) mass is 488 g/mol. The molecule has 0 saturated carbocycles. The first-order chi connectivity index (χ1) is 17.6. The highest BCUT2D eigenvalue weighted by Crippen LogP contribution is 2.37. The van der Waals surface area contributed by atoms with Gasteiger partial charge in [0.2, 0.25) is 0 Å². The van der Waals surface area contributed by atoms with E-state index in [0.717, 1.165) is 91.5 Å². The van der Waals surface area contributed by atoms with E-state index in [1.54, 1.807) is 0 Å². The number of fused-ring (bicyclic) bond motifs is 1. The Balaban J connectivity index is 1.33. The number of aromatic nitrogens is 1. The van der Waals surface area contributed by atoms with Crippen LogP contribution < -0.4 is 9.80 Å². The Hall–Kier alpha value is -2.71. The van der Waals surface area contributed by atoms with Crippen LogP contribution in [0, 0.1) is 6.92 Å². The smallest absolute Gasteiger partial charge is 0.137 e. The van der Waals surface area contributed by atoms with Gasteiger partial charge in [0.1, 0.15) is 5.82 Å². The molecule has 4 heterocycles. The van der Waals surface area contributed by atoms with Crippen LogP contribution in [0.1, 0.15) is 24.2 Å². The van der Waals surface area contributed by atoms with Gasteiger partial charge in [-0.05, 0) is 54.8 Å². The highest BCUT2D eigenvalue weighted by molar-refractivity contribution is 5.92. The number of hydrogen-bond acceptors (Lipinski definition) is 7. The molecule has 3 fully saturated rings. The van der Waals surface area contributed by atoms with Crippen LogP contribution in [0.3, 0.4) is 0 Å². The summed E-state index contributed by atoms with van der Waals surface area (Å²) in [6.45, 7) is 13.0. The van der Waals surface area contributed by atoms with E-state index in [1.807, 2.05) is 6.92 Å². The average Bonchev–Trinajstić information content (AvgIpc) is 2.87. The van der Waals surface area contributed by atoms with Crippen molar-refractivity contribution in [3.8, 4) is 11.1 Å². The number of aliphatic hydroxyl groups is 1. The first kappa shape index (κ1) is 23.7. The van der Waals surface area contributed by atoms with E-state index in [2.05, 4.69) is 64.1 Å². The van der Waals surface area contributed by atoms with E-state index in [4.69, 9.17) is 14.5 Å². The number of ether oxygens (including phenoxy) is 2. The van der Waals surface area contributed by atoms with Crippen molar-refractivity contribution in [1.82, 2.24) is 9.88 Å². The molecule has 7 heteroatoms. The van der Waals surface area contributed by atoms with Crippen LogP contribution >= 0.6 is 0 Å². The minimum absolute atomic E-state index is 0.552. The van der Waals surface area contributed by atoms with E-state index >= 15 is 0 Å². The van der Waals surface area contributed by atoms with Gasteiger partial charge in [0, 0.05) is 55.9 Å². The molecular weight excluding hydrogens is 452 g/mol. The summed E-state index contributed by atoms with van der Waals surface area (Å²) < 4.78 is 11.0. The van der Waals surface area contributed by atoms with Crippen molar-refractivity contribution in [2.45, 2.75) is 26.0 Å². The molecule has 0 bridgehead atoms. The number of hydrogen-bond donors (Lipinski definition) is 1.